The van der Waals surface area contributed by atoms with Crippen LogP contribution in [-0.2, 0) is 13.1 Å². The molecule has 0 fully saturated rings. The SMILES string of the molecule is CCCNCc1cnn(Cc2ccccc2F)c1. The maximum absolute atomic E-state index is 13.5. The lowest BCUT2D eigenvalue weighted by Crippen LogP contribution is -2.13. The van der Waals surface area contributed by atoms with Gasteiger partial charge in [-0.15, -0.1) is 0 Å². The Balaban J connectivity index is 1.96. The molecule has 0 saturated carbocycles. The summed E-state index contributed by atoms with van der Waals surface area (Å²) in [5.74, 6) is -0.182. The molecule has 4 heteroatoms. The molecule has 0 aliphatic rings. The number of nitrogens with zero attached hydrogens (tertiary/aromatic N) is 2. The highest BCUT2D eigenvalue weighted by molar-refractivity contribution is 5.18. The Bertz CT molecular complexity index is 493. The van der Waals surface area contributed by atoms with Crippen molar-refractivity contribution in [2.24, 2.45) is 0 Å². The lowest BCUT2D eigenvalue weighted by Gasteiger charge is -2.03. The van der Waals surface area contributed by atoms with Gasteiger partial charge in [0.1, 0.15) is 5.82 Å². The molecule has 1 N–H and O–H groups in total. The fourth-order valence-electron chi connectivity index (χ4n) is 1.79. The van der Waals surface area contributed by atoms with E-state index < -0.39 is 0 Å². The average Bonchev–Trinajstić information content (AvgIpc) is 2.80. The van der Waals surface area contributed by atoms with Crippen molar-refractivity contribution >= 4 is 0 Å². The second kappa shape index (κ2) is 6.31. The third-order valence-corrected chi connectivity index (χ3v) is 2.73. The first kappa shape index (κ1) is 12.8. The molecular weight excluding hydrogens is 229 g/mol. The van der Waals surface area contributed by atoms with E-state index in [1.165, 1.54) is 6.07 Å². The molecule has 1 heterocycles. The summed E-state index contributed by atoms with van der Waals surface area (Å²) >= 11 is 0. The van der Waals surface area contributed by atoms with Gasteiger partial charge in [0.25, 0.3) is 0 Å². The van der Waals surface area contributed by atoms with Crippen LogP contribution in [0.1, 0.15) is 24.5 Å². The molecule has 0 aliphatic heterocycles. The Kier molecular flexibility index (Phi) is 4.47. The van der Waals surface area contributed by atoms with Crippen molar-refractivity contribution in [3.05, 3.63) is 53.6 Å². The van der Waals surface area contributed by atoms with Crippen LogP contribution in [0.15, 0.2) is 36.7 Å². The van der Waals surface area contributed by atoms with Crippen molar-refractivity contribution < 1.29 is 4.39 Å². The first-order chi connectivity index (χ1) is 8.79. The zero-order valence-electron chi connectivity index (χ0n) is 10.6. The molecule has 0 aliphatic carbocycles. The van der Waals surface area contributed by atoms with E-state index in [1.807, 2.05) is 18.5 Å². The first-order valence-corrected chi connectivity index (χ1v) is 6.25. The lowest BCUT2D eigenvalue weighted by atomic mass is 10.2. The largest absolute Gasteiger partial charge is 0.313 e. The molecule has 0 saturated heterocycles. The quantitative estimate of drug-likeness (QED) is 0.795. The van der Waals surface area contributed by atoms with Crippen molar-refractivity contribution in [1.29, 1.82) is 0 Å². The molecule has 2 aromatic rings. The molecule has 0 radical (unpaired) electrons. The number of halogens is 1. The van der Waals surface area contributed by atoms with Crippen molar-refractivity contribution in [3.63, 3.8) is 0 Å². The minimum Gasteiger partial charge on any atom is -0.313 e. The van der Waals surface area contributed by atoms with E-state index in [-0.39, 0.29) is 5.82 Å². The summed E-state index contributed by atoms with van der Waals surface area (Å²) in [6.07, 6.45) is 4.89. The van der Waals surface area contributed by atoms with E-state index in [0.717, 1.165) is 25.1 Å². The molecule has 0 unspecified atom stereocenters. The maximum atomic E-state index is 13.5. The molecule has 3 nitrogen and oxygen atoms in total. The summed E-state index contributed by atoms with van der Waals surface area (Å²) in [7, 11) is 0. The van der Waals surface area contributed by atoms with Gasteiger partial charge in [0.05, 0.1) is 12.7 Å². The molecule has 2 rings (SSSR count). The molecule has 0 atom stereocenters. The van der Waals surface area contributed by atoms with E-state index in [4.69, 9.17) is 0 Å². The number of rotatable bonds is 6. The molecule has 96 valence electrons. The third kappa shape index (κ3) is 3.40. The van der Waals surface area contributed by atoms with Crippen LogP contribution in [0.2, 0.25) is 0 Å². The predicted octanol–water partition coefficient (Wildman–Crippen LogP) is 2.57. The minimum atomic E-state index is -0.182. The lowest BCUT2D eigenvalue weighted by molar-refractivity contribution is 0.585. The third-order valence-electron chi connectivity index (χ3n) is 2.73. The summed E-state index contributed by atoms with van der Waals surface area (Å²) in [6, 6.07) is 6.79. The van der Waals surface area contributed by atoms with Gasteiger partial charge in [-0.25, -0.2) is 4.39 Å². The highest BCUT2D eigenvalue weighted by Gasteiger charge is 2.03. The number of nitrogens with one attached hydrogen (secondary N) is 1. The molecular formula is C14H18FN3. The van der Waals surface area contributed by atoms with Crippen molar-refractivity contribution in [1.82, 2.24) is 15.1 Å². The van der Waals surface area contributed by atoms with Gasteiger partial charge in [0.2, 0.25) is 0 Å². The molecule has 0 bridgehead atoms. The monoisotopic (exact) mass is 247 g/mol. The Morgan fingerprint density at radius 3 is 2.94 bits per heavy atom. The van der Waals surface area contributed by atoms with E-state index in [9.17, 15) is 4.39 Å². The van der Waals surface area contributed by atoms with Crippen LogP contribution in [-0.4, -0.2) is 16.3 Å². The van der Waals surface area contributed by atoms with Crippen LogP contribution < -0.4 is 5.32 Å². The second-order valence-electron chi connectivity index (χ2n) is 4.31. The zero-order chi connectivity index (χ0) is 12.8. The fourth-order valence-corrected chi connectivity index (χ4v) is 1.79. The highest BCUT2D eigenvalue weighted by atomic mass is 19.1. The molecule has 1 aromatic heterocycles. The van der Waals surface area contributed by atoms with Crippen molar-refractivity contribution in [3.8, 4) is 0 Å². The second-order valence-corrected chi connectivity index (χ2v) is 4.31. The summed E-state index contributed by atoms with van der Waals surface area (Å²) in [6.45, 7) is 4.42. The van der Waals surface area contributed by atoms with Gasteiger partial charge in [0, 0.05) is 23.9 Å². The van der Waals surface area contributed by atoms with Gasteiger partial charge < -0.3 is 5.32 Å². The Morgan fingerprint density at radius 2 is 2.17 bits per heavy atom. The van der Waals surface area contributed by atoms with Crippen LogP contribution in [0, 0.1) is 5.82 Å². The first-order valence-electron chi connectivity index (χ1n) is 6.25. The topological polar surface area (TPSA) is 29.9 Å². The van der Waals surface area contributed by atoms with Crippen molar-refractivity contribution in [2.75, 3.05) is 6.54 Å². The van der Waals surface area contributed by atoms with Crippen molar-refractivity contribution in [2.45, 2.75) is 26.4 Å². The predicted molar refractivity (Wildman–Crippen MR) is 69.7 cm³/mol. The minimum absolute atomic E-state index is 0.182. The van der Waals surface area contributed by atoms with Gasteiger partial charge in [-0.2, -0.15) is 5.10 Å². The number of aromatic nitrogens is 2. The molecule has 0 amide bonds. The van der Waals surface area contributed by atoms with Crippen LogP contribution in [0.25, 0.3) is 0 Å². The van der Waals surface area contributed by atoms with E-state index in [2.05, 4.69) is 17.3 Å². The van der Waals surface area contributed by atoms with E-state index >= 15 is 0 Å². The summed E-state index contributed by atoms with van der Waals surface area (Å²) < 4.78 is 15.2. The van der Waals surface area contributed by atoms with E-state index in [1.54, 1.807) is 16.8 Å². The Labute approximate surface area is 107 Å². The normalized spacial score (nSPS) is 10.8. The Hall–Kier alpha value is -1.68. The number of hydrogen-bond acceptors (Lipinski definition) is 2. The number of benzene rings is 1. The maximum Gasteiger partial charge on any atom is 0.128 e. The summed E-state index contributed by atoms with van der Waals surface area (Å²) in [5.41, 5.74) is 1.79. The van der Waals surface area contributed by atoms with Crippen LogP contribution >= 0.6 is 0 Å². The summed E-state index contributed by atoms with van der Waals surface area (Å²) in [5, 5.41) is 7.55. The zero-order valence-corrected chi connectivity index (χ0v) is 10.6. The van der Waals surface area contributed by atoms with Gasteiger partial charge in [-0.1, -0.05) is 25.1 Å². The van der Waals surface area contributed by atoms with Gasteiger partial charge >= 0.3 is 0 Å². The highest BCUT2D eigenvalue weighted by Crippen LogP contribution is 2.08. The van der Waals surface area contributed by atoms with Crippen LogP contribution in [0.5, 0.6) is 0 Å². The van der Waals surface area contributed by atoms with Gasteiger partial charge in [-0.05, 0) is 19.0 Å². The fraction of sp³-hybridized carbons (Fsp3) is 0.357. The van der Waals surface area contributed by atoms with Gasteiger partial charge in [-0.3, -0.25) is 4.68 Å². The average molecular weight is 247 g/mol. The standard InChI is InChI=1S/C14H18FN3/c1-2-7-16-8-12-9-17-18(10-12)11-13-5-3-4-6-14(13)15/h3-6,9-10,16H,2,7-8,11H2,1H3. The smallest absolute Gasteiger partial charge is 0.128 e. The number of hydrogen-bond donors (Lipinski definition) is 1. The van der Waals surface area contributed by atoms with E-state index in [0.29, 0.717) is 12.1 Å². The molecule has 0 spiro atoms. The summed E-state index contributed by atoms with van der Waals surface area (Å²) in [4.78, 5) is 0. The molecule has 18 heavy (non-hydrogen) atoms. The van der Waals surface area contributed by atoms with Crippen LogP contribution in [0.4, 0.5) is 4.39 Å². The van der Waals surface area contributed by atoms with Gasteiger partial charge in [0.15, 0.2) is 0 Å². The molecule has 1 aromatic carbocycles. The Morgan fingerprint density at radius 1 is 1.33 bits per heavy atom. The van der Waals surface area contributed by atoms with Crippen LogP contribution in [0.3, 0.4) is 0 Å².